The number of aryl methyl sites for hydroxylation is 1. The van der Waals surface area contributed by atoms with Crippen molar-refractivity contribution in [3.63, 3.8) is 0 Å². The van der Waals surface area contributed by atoms with E-state index in [0.29, 0.717) is 6.54 Å². The van der Waals surface area contributed by atoms with E-state index in [1.807, 2.05) is 18.7 Å². The number of carbonyl (C=O) groups excluding carboxylic acids is 1. The molecular weight excluding hydrogens is 308 g/mol. The average molecular weight is 332 g/mol. The molecule has 4 nitrogen and oxygen atoms in total. The highest BCUT2D eigenvalue weighted by Crippen LogP contribution is 2.32. The summed E-state index contributed by atoms with van der Waals surface area (Å²) in [5.74, 6) is 0.0756. The molecule has 1 saturated heterocycles. The van der Waals surface area contributed by atoms with E-state index in [1.165, 1.54) is 5.56 Å². The number of nitrogens with zero attached hydrogens (tertiary/aromatic N) is 2. The molecule has 1 aliphatic heterocycles. The molecule has 0 radical (unpaired) electrons. The molecule has 1 aromatic carbocycles. The SMILES string of the molecule is CCc1cccc2sc(N(CC3CCCO3)C(=O)C(C)C)nc12. The fourth-order valence-corrected chi connectivity index (χ4v) is 3.99. The number of thiazole rings is 1. The molecule has 1 amide bonds. The molecule has 0 saturated carbocycles. The normalized spacial score (nSPS) is 18.0. The van der Waals surface area contributed by atoms with Gasteiger partial charge in [-0.15, -0.1) is 0 Å². The van der Waals surface area contributed by atoms with E-state index < -0.39 is 0 Å². The van der Waals surface area contributed by atoms with Crippen molar-refractivity contribution >= 4 is 32.6 Å². The molecule has 0 aliphatic carbocycles. The smallest absolute Gasteiger partial charge is 0.231 e. The Bertz CT molecular complexity index is 689. The zero-order valence-electron chi connectivity index (χ0n) is 14.0. The Morgan fingerprint density at radius 2 is 2.30 bits per heavy atom. The summed E-state index contributed by atoms with van der Waals surface area (Å²) in [7, 11) is 0. The molecular formula is C18H24N2O2S. The van der Waals surface area contributed by atoms with Crippen LogP contribution in [0, 0.1) is 5.92 Å². The quantitative estimate of drug-likeness (QED) is 0.830. The lowest BCUT2D eigenvalue weighted by atomic mass is 10.1. The van der Waals surface area contributed by atoms with Crippen LogP contribution in [0.15, 0.2) is 18.2 Å². The standard InChI is InChI=1S/C18H24N2O2S/c1-4-13-7-5-9-15-16(13)19-18(23-15)20(17(21)12(2)3)11-14-8-6-10-22-14/h5,7,9,12,14H,4,6,8,10-11H2,1-3H3. The maximum Gasteiger partial charge on any atom is 0.231 e. The minimum absolute atomic E-state index is 0.0472. The monoisotopic (exact) mass is 332 g/mol. The summed E-state index contributed by atoms with van der Waals surface area (Å²) < 4.78 is 6.88. The van der Waals surface area contributed by atoms with Gasteiger partial charge in [-0.05, 0) is 30.9 Å². The minimum atomic E-state index is -0.0472. The van der Waals surface area contributed by atoms with E-state index in [2.05, 4.69) is 25.1 Å². The summed E-state index contributed by atoms with van der Waals surface area (Å²) in [6, 6.07) is 6.26. The van der Waals surface area contributed by atoms with Crippen LogP contribution in [0.25, 0.3) is 10.2 Å². The molecule has 1 unspecified atom stereocenters. The molecule has 23 heavy (non-hydrogen) atoms. The van der Waals surface area contributed by atoms with Crippen LogP contribution >= 0.6 is 11.3 Å². The van der Waals surface area contributed by atoms with Gasteiger partial charge < -0.3 is 4.74 Å². The highest BCUT2D eigenvalue weighted by molar-refractivity contribution is 7.22. The van der Waals surface area contributed by atoms with Gasteiger partial charge in [-0.25, -0.2) is 4.98 Å². The van der Waals surface area contributed by atoms with Crippen molar-refractivity contribution in [1.82, 2.24) is 4.98 Å². The molecule has 0 bridgehead atoms. The second-order valence-corrected chi connectivity index (χ2v) is 7.36. The Balaban J connectivity index is 1.96. The molecule has 2 aromatic rings. The van der Waals surface area contributed by atoms with Crippen LogP contribution in [0.1, 0.15) is 39.2 Å². The van der Waals surface area contributed by atoms with Crippen molar-refractivity contribution in [3.8, 4) is 0 Å². The first-order valence-electron chi connectivity index (χ1n) is 8.41. The molecule has 3 rings (SSSR count). The van der Waals surface area contributed by atoms with Crippen LogP contribution in [-0.2, 0) is 16.0 Å². The summed E-state index contributed by atoms with van der Waals surface area (Å²) in [6.45, 7) is 7.43. The minimum Gasteiger partial charge on any atom is -0.376 e. The van der Waals surface area contributed by atoms with Crippen LogP contribution in [0.5, 0.6) is 0 Å². The highest BCUT2D eigenvalue weighted by Gasteiger charge is 2.27. The zero-order valence-corrected chi connectivity index (χ0v) is 14.9. The van der Waals surface area contributed by atoms with E-state index in [1.54, 1.807) is 11.3 Å². The van der Waals surface area contributed by atoms with Crippen LogP contribution < -0.4 is 4.90 Å². The third kappa shape index (κ3) is 3.40. The summed E-state index contributed by atoms with van der Waals surface area (Å²) >= 11 is 1.60. The van der Waals surface area contributed by atoms with Gasteiger partial charge in [0, 0.05) is 12.5 Å². The fourth-order valence-electron chi connectivity index (χ4n) is 2.96. The number of fused-ring (bicyclic) bond motifs is 1. The number of ether oxygens (including phenoxy) is 1. The molecule has 0 N–H and O–H groups in total. The van der Waals surface area contributed by atoms with Crippen molar-refractivity contribution < 1.29 is 9.53 Å². The van der Waals surface area contributed by atoms with Gasteiger partial charge in [0.05, 0.1) is 22.9 Å². The van der Waals surface area contributed by atoms with E-state index >= 15 is 0 Å². The van der Waals surface area contributed by atoms with E-state index in [4.69, 9.17) is 9.72 Å². The molecule has 1 aromatic heterocycles. The van der Waals surface area contributed by atoms with Gasteiger partial charge >= 0.3 is 0 Å². The number of carbonyl (C=O) groups is 1. The molecule has 0 spiro atoms. The van der Waals surface area contributed by atoms with Crippen molar-refractivity contribution in [1.29, 1.82) is 0 Å². The molecule has 2 heterocycles. The van der Waals surface area contributed by atoms with Gasteiger partial charge in [0.2, 0.25) is 5.91 Å². The second kappa shape index (κ2) is 6.97. The van der Waals surface area contributed by atoms with Crippen molar-refractivity contribution in [3.05, 3.63) is 23.8 Å². The predicted molar refractivity (Wildman–Crippen MR) is 95.2 cm³/mol. The Hall–Kier alpha value is -1.46. The molecule has 124 valence electrons. The first-order chi connectivity index (χ1) is 11.1. The average Bonchev–Trinajstić information content (AvgIpc) is 3.20. The number of anilines is 1. The topological polar surface area (TPSA) is 42.4 Å². The Kier molecular flexibility index (Phi) is 4.97. The van der Waals surface area contributed by atoms with Gasteiger partial charge in [-0.3, -0.25) is 9.69 Å². The molecule has 5 heteroatoms. The van der Waals surface area contributed by atoms with Gasteiger partial charge in [-0.1, -0.05) is 44.2 Å². The summed E-state index contributed by atoms with van der Waals surface area (Å²) in [5, 5.41) is 0.801. The Labute approximate surface area is 141 Å². The lowest BCUT2D eigenvalue weighted by molar-refractivity contribution is -0.121. The summed E-state index contributed by atoms with van der Waals surface area (Å²) in [6.07, 6.45) is 3.18. The number of hydrogen-bond donors (Lipinski definition) is 0. The number of hydrogen-bond acceptors (Lipinski definition) is 4. The van der Waals surface area contributed by atoms with Gasteiger partial charge in [-0.2, -0.15) is 0 Å². The van der Waals surface area contributed by atoms with E-state index in [-0.39, 0.29) is 17.9 Å². The third-order valence-electron chi connectivity index (χ3n) is 4.27. The van der Waals surface area contributed by atoms with Gasteiger partial charge in [0.15, 0.2) is 5.13 Å². The van der Waals surface area contributed by atoms with E-state index in [0.717, 1.165) is 41.2 Å². The largest absolute Gasteiger partial charge is 0.376 e. The molecule has 1 fully saturated rings. The van der Waals surface area contributed by atoms with Crippen molar-refractivity contribution in [2.45, 2.75) is 46.1 Å². The van der Waals surface area contributed by atoms with Crippen LogP contribution in [0.4, 0.5) is 5.13 Å². The van der Waals surface area contributed by atoms with Crippen LogP contribution in [-0.4, -0.2) is 30.1 Å². The number of rotatable bonds is 5. The third-order valence-corrected chi connectivity index (χ3v) is 5.32. The van der Waals surface area contributed by atoms with Crippen LogP contribution in [0.3, 0.4) is 0 Å². The van der Waals surface area contributed by atoms with Crippen molar-refractivity contribution in [2.24, 2.45) is 5.92 Å². The Morgan fingerprint density at radius 3 is 2.96 bits per heavy atom. The maximum absolute atomic E-state index is 12.7. The molecule has 1 atom stereocenters. The summed E-state index contributed by atoms with van der Waals surface area (Å²) in [4.78, 5) is 19.3. The number of amides is 1. The first kappa shape index (κ1) is 16.4. The lowest BCUT2D eigenvalue weighted by Gasteiger charge is -2.24. The van der Waals surface area contributed by atoms with Crippen LogP contribution in [0.2, 0.25) is 0 Å². The fraction of sp³-hybridized carbons (Fsp3) is 0.556. The van der Waals surface area contributed by atoms with Gasteiger partial charge in [0.1, 0.15) is 0 Å². The maximum atomic E-state index is 12.7. The lowest BCUT2D eigenvalue weighted by Crippen LogP contribution is -2.39. The number of para-hydroxylation sites is 1. The first-order valence-corrected chi connectivity index (χ1v) is 9.23. The highest BCUT2D eigenvalue weighted by atomic mass is 32.1. The summed E-state index contributed by atoms with van der Waals surface area (Å²) in [5.41, 5.74) is 2.27. The van der Waals surface area contributed by atoms with E-state index in [9.17, 15) is 4.79 Å². The van der Waals surface area contributed by atoms with Gasteiger partial charge in [0.25, 0.3) is 0 Å². The zero-order chi connectivity index (χ0) is 16.4. The number of aromatic nitrogens is 1. The van der Waals surface area contributed by atoms with Crippen molar-refractivity contribution in [2.75, 3.05) is 18.1 Å². The Morgan fingerprint density at radius 1 is 1.48 bits per heavy atom. The predicted octanol–water partition coefficient (Wildman–Crippen LogP) is 4.03. The second-order valence-electron chi connectivity index (χ2n) is 6.35. The molecule has 1 aliphatic rings. The number of benzene rings is 1.